The first kappa shape index (κ1) is 19.8. The molecule has 140 valence electrons. The third kappa shape index (κ3) is 4.01. The highest BCUT2D eigenvalue weighted by Gasteiger charge is 2.28. The molecule has 0 fully saturated rings. The molecule has 2 aromatic rings. The molecular formula is C18H21FN2O4S. The summed E-state index contributed by atoms with van der Waals surface area (Å²) >= 11 is 0. The Kier molecular flexibility index (Phi) is 5.65. The van der Waals surface area contributed by atoms with Crippen LogP contribution in [0, 0.1) is 25.6 Å². The van der Waals surface area contributed by atoms with E-state index in [9.17, 15) is 17.6 Å². The number of halogens is 1. The Morgan fingerprint density at radius 1 is 1.27 bits per heavy atom. The molecule has 0 bridgehead atoms. The Bertz CT molecular complexity index is 942. The molecule has 0 atom stereocenters. The van der Waals surface area contributed by atoms with Crippen LogP contribution in [0.5, 0.6) is 0 Å². The van der Waals surface area contributed by atoms with Crippen LogP contribution in [0.1, 0.15) is 35.5 Å². The fourth-order valence-electron chi connectivity index (χ4n) is 2.56. The smallest absolute Gasteiger partial charge is 0.338 e. The largest absolute Gasteiger partial charge is 0.478 e. The third-order valence-electron chi connectivity index (χ3n) is 3.78. The Labute approximate surface area is 152 Å². The Hall–Kier alpha value is -2.48. The van der Waals surface area contributed by atoms with E-state index in [1.807, 2.05) is 13.8 Å². The van der Waals surface area contributed by atoms with Crippen molar-refractivity contribution < 1.29 is 22.7 Å². The van der Waals surface area contributed by atoms with Crippen molar-refractivity contribution >= 4 is 21.7 Å². The summed E-state index contributed by atoms with van der Waals surface area (Å²) in [4.78, 5) is 15.0. The van der Waals surface area contributed by atoms with Gasteiger partial charge in [0.15, 0.2) is 0 Å². The minimum atomic E-state index is -4.09. The minimum Gasteiger partial charge on any atom is -0.478 e. The van der Waals surface area contributed by atoms with Gasteiger partial charge in [0.25, 0.3) is 10.0 Å². The predicted molar refractivity (Wildman–Crippen MR) is 96.4 cm³/mol. The van der Waals surface area contributed by atoms with E-state index in [-0.39, 0.29) is 17.4 Å². The predicted octanol–water partition coefficient (Wildman–Crippen LogP) is 3.39. The number of aromatic nitrogens is 1. The van der Waals surface area contributed by atoms with Crippen LogP contribution in [0.2, 0.25) is 0 Å². The maximum Gasteiger partial charge on any atom is 0.338 e. The van der Waals surface area contributed by atoms with E-state index >= 15 is 0 Å². The average Bonchev–Trinajstić information content (AvgIpc) is 2.52. The first-order valence-corrected chi connectivity index (χ1v) is 9.47. The number of carboxylic acid groups (broad SMARTS) is 1. The summed E-state index contributed by atoms with van der Waals surface area (Å²) in [7, 11) is -4.09. The lowest BCUT2D eigenvalue weighted by Crippen LogP contribution is -2.35. The van der Waals surface area contributed by atoms with Crippen molar-refractivity contribution in [2.24, 2.45) is 5.92 Å². The summed E-state index contributed by atoms with van der Waals surface area (Å²) in [5.74, 6) is -2.51. The summed E-state index contributed by atoms with van der Waals surface area (Å²) in [6.45, 7) is 7.49. The van der Waals surface area contributed by atoms with Crippen molar-refractivity contribution in [1.82, 2.24) is 4.98 Å². The van der Waals surface area contributed by atoms with Crippen molar-refractivity contribution in [3.8, 4) is 0 Å². The fraction of sp³-hybridized carbons (Fsp3) is 0.333. The second-order valence-corrected chi connectivity index (χ2v) is 8.35. The van der Waals surface area contributed by atoms with Gasteiger partial charge in [-0.15, -0.1) is 0 Å². The average molecular weight is 380 g/mol. The molecule has 2 rings (SSSR count). The van der Waals surface area contributed by atoms with Crippen LogP contribution in [-0.2, 0) is 10.0 Å². The van der Waals surface area contributed by atoms with Gasteiger partial charge in [0.05, 0.1) is 22.3 Å². The Morgan fingerprint density at radius 2 is 1.92 bits per heavy atom. The third-order valence-corrected chi connectivity index (χ3v) is 5.55. The lowest BCUT2D eigenvalue weighted by molar-refractivity contribution is 0.0691. The van der Waals surface area contributed by atoms with Crippen molar-refractivity contribution in [3.63, 3.8) is 0 Å². The van der Waals surface area contributed by atoms with Gasteiger partial charge in [-0.3, -0.25) is 9.29 Å². The van der Waals surface area contributed by atoms with Crippen molar-refractivity contribution in [3.05, 3.63) is 53.1 Å². The van der Waals surface area contributed by atoms with Gasteiger partial charge in [0, 0.05) is 12.2 Å². The lowest BCUT2D eigenvalue weighted by Gasteiger charge is -2.27. The molecule has 0 aliphatic heterocycles. The molecule has 0 saturated heterocycles. The Morgan fingerprint density at radius 3 is 2.46 bits per heavy atom. The van der Waals surface area contributed by atoms with Gasteiger partial charge in [-0.1, -0.05) is 13.8 Å². The van der Waals surface area contributed by atoms with Gasteiger partial charge in [0.2, 0.25) is 0 Å². The highest BCUT2D eigenvalue weighted by Crippen LogP contribution is 2.28. The molecule has 0 saturated carbocycles. The zero-order valence-electron chi connectivity index (χ0n) is 15.0. The summed E-state index contributed by atoms with van der Waals surface area (Å²) in [5, 5.41) is 9.07. The van der Waals surface area contributed by atoms with E-state index < -0.39 is 27.4 Å². The normalized spacial score (nSPS) is 11.6. The number of rotatable bonds is 6. The number of hydrogen-bond acceptors (Lipinski definition) is 4. The molecule has 8 heteroatoms. The molecule has 0 aliphatic rings. The summed E-state index contributed by atoms with van der Waals surface area (Å²) in [6.07, 6.45) is 1.48. The standard InChI is InChI=1S/C18H21FN2O4S/c1-11(2)10-21(17-9-20-13(4)7-12(17)3)26(24,25)14-5-6-16(19)15(8-14)18(22)23/h5-9,11H,10H2,1-4H3,(H,22,23). The zero-order chi connectivity index (χ0) is 19.6. The first-order valence-electron chi connectivity index (χ1n) is 8.03. The summed E-state index contributed by atoms with van der Waals surface area (Å²) in [6, 6.07) is 4.54. The molecule has 0 aliphatic carbocycles. The van der Waals surface area contributed by atoms with Crippen LogP contribution in [0.3, 0.4) is 0 Å². The zero-order valence-corrected chi connectivity index (χ0v) is 15.8. The van der Waals surface area contributed by atoms with E-state index in [2.05, 4.69) is 4.98 Å². The Balaban J connectivity index is 2.63. The van der Waals surface area contributed by atoms with E-state index in [1.165, 1.54) is 10.5 Å². The summed E-state index contributed by atoms with van der Waals surface area (Å²) in [5.41, 5.74) is 1.20. The van der Waals surface area contributed by atoms with E-state index in [1.54, 1.807) is 19.9 Å². The van der Waals surface area contributed by atoms with Crippen LogP contribution in [-0.4, -0.2) is 31.0 Å². The van der Waals surface area contributed by atoms with Gasteiger partial charge in [-0.2, -0.15) is 0 Å². The van der Waals surface area contributed by atoms with Crippen molar-refractivity contribution in [1.29, 1.82) is 0 Å². The highest BCUT2D eigenvalue weighted by molar-refractivity contribution is 7.92. The maximum atomic E-state index is 13.7. The van der Waals surface area contributed by atoms with Crippen LogP contribution in [0.15, 0.2) is 35.4 Å². The molecule has 26 heavy (non-hydrogen) atoms. The quantitative estimate of drug-likeness (QED) is 0.830. The van der Waals surface area contributed by atoms with Crippen LogP contribution >= 0.6 is 0 Å². The molecule has 6 nitrogen and oxygen atoms in total. The number of carbonyl (C=O) groups is 1. The minimum absolute atomic E-state index is 0.00451. The lowest BCUT2D eigenvalue weighted by atomic mass is 10.2. The number of aryl methyl sites for hydroxylation is 2. The number of pyridine rings is 1. The number of hydrogen-bond donors (Lipinski definition) is 1. The second kappa shape index (κ2) is 7.41. The fourth-order valence-corrected chi connectivity index (χ4v) is 4.27. The number of anilines is 1. The first-order chi connectivity index (χ1) is 12.0. The molecule has 0 radical (unpaired) electrons. The number of aromatic carboxylic acids is 1. The molecule has 1 aromatic carbocycles. The van der Waals surface area contributed by atoms with Gasteiger partial charge in [-0.05, 0) is 49.6 Å². The monoisotopic (exact) mass is 380 g/mol. The van der Waals surface area contributed by atoms with Gasteiger partial charge < -0.3 is 5.11 Å². The van der Waals surface area contributed by atoms with Crippen molar-refractivity contribution in [2.45, 2.75) is 32.6 Å². The van der Waals surface area contributed by atoms with Gasteiger partial charge in [-0.25, -0.2) is 17.6 Å². The number of nitrogens with zero attached hydrogens (tertiary/aromatic N) is 2. The number of sulfonamides is 1. The molecule has 1 aromatic heterocycles. The summed E-state index contributed by atoms with van der Waals surface area (Å²) < 4.78 is 41.2. The van der Waals surface area contributed by atoms with E-state index in [4.69, 9.17) is 5.11 Å². The molecule has 1 heterocycles. The SMILES string of the molecule is Cc1cc(C)c(N(CC(C)C)S(=O)(=O)c2ccc(F)c(C(=O)O)c2)cn1. The topological polar surface area (TPSA) is 87.6 Å². The number of benzene rings is 1. The maximum absolute atomic E-state index is 13.7. The second-order valence-electron chi connectivity index (χ2n) is 6.49. The van der Waals surface area contributed by atoms with Crippen LogP contribution in [0.25, 0.3) is 0 Å². The molecule has 0 amide bonds. The van der Waals surface area contributed by atoms with E-state index in [0.717, 1.165) is 29.5 Å². The highest BCUT2D eigenvalue weighted by atomic mass is 32.2. The van der Waals surface area contributed by atoms with Crippen molar-refractivity contribution in [2.75, 3.05) is 10.8 Å². The molecule has 1 N–H and O–H groups in total. The van der Waals surface area contributed by atoms with Gasteiger partial charge in [0.1, 0.15) is 5.82 Å². The van der Waals surface area contributed by atoms with Crippen LogP contribution < -0.4 is 4.31 Å². The number of carboxylic acids is 1. The molecular weight excluding hydrogens is 359 g/mol. The molecule has 0 spiro atoms. The molecule has 0 unspecified atom stereocenters. The van der Waals surface area contributed by atoms with Crippen LogP contribution in [0.4, 0.5) is 10.1 Å². The van der Waals surface area contributed by atoms with Gasteiger partial charge >= 0.3 is 5.97 Å². The van der Waals surface area contributed by atoms with E-state index in [0.29, 0.717) is 5.69 Å².